The number of thiophene rings is 1. The molecule has 1 N–H and O–H groups in total. The van der Waals surface area contributed by atoms with Gasteiger partial charge in [-0.15, -0.1) is 11.3 Å². The van der Waals surface area contributed by atoms with Crippen LogP contribution in [0.25, 0.3) is 0 Å². The normalized spacial score (nSPS) is 15.7. The number of nitrogens with one attached hydrogen (secondary N) is 1. The molecule has 2 heterocycles. The zero-order valence-electron chi connectivity index (χ0n) is 13.1. The van der Waals surface area contributed by atoms with Gasteiger partial charge in [0.25, 0.3) is 0 Å². The van der Waals surface area contributed by atoms with Crippen LogP contribution in [0.15, 0.2) is 46.0 Å². The highest BCUT2D eigenvalue weighted by Gasteiger charge is 2.14. The van der Waals surface area contributed by atoms with Crippen LogP contribution in [-0.2, 0) is 16.4 Å². The first kappa shape index (κ1) is 16.5. The summed E-state index contributed by atoms with van der Waals surface area (Å²) in [6.07, 6.45) is 4.57. The molecule has 124 valence electrons. The Kier molecular flexibility index (Phi) is 5.35. The number of sulfonamides is 1. The Labute approximate surface area is 142 Å². The van der Waals surface area contributed by atoms with E-state index in [1.54, 1.807) is 17.5 Å². The molecule has 0 unspecified atom stereocenters. The number of benzene rings is 1. The fourth-order valence-corrected chi connectivity index (χ4v) is 4.91. The fourth-order valence-electron chi connectivity index (χ4n) is 2.84. The lowest BCUT2D eigenvalue weighted by Crippen LogP contribution is -2.29. The highest BCUT2D eigenvalue weighted by atomic mass is 32.2. The molecule has 1 aromatic heterocycles. The van der Waals surface area contributed by atoms with Gasteiger partial charge in [0.15, 0.2) is 0 Å². The van der Waals surface area contributed by atoms with Crippen molar-refractivity contribution in [2.75, 3.05) is 24.5 Å². The van der Waals surface area contributed by atoms with Crippen molar-refractivity contribution in [2.24, 2.45) is 0 Å². The second-order valence-corrected chi connectivity index (χ2v) is 8.74. The summed E-state index contributed by atoms with van der Waals surface area (Å²) in [5.74, 6) is 0. The lowest BCUT2D eigenvalue weighted by atomic mass is 10.1. The minimum absolute atomic E-state index is 0.373. The summed E-state index contributed by atoms with van der Waals surface area (Å²) in [5.41, 5.74) is 2.42. The van der Waals surface area contributed by atoms with Crippen LogP contribution >= 0.6 is 11.3 Å². The summed E-state index contributed by atoms with van der Waals surface area (Å²) in [7, 11) is -3.35. The van der Waals surface area contributed by atoms with Gasteiger partial charge in [-0.1, -0.05) is 18.2 Å². The quantitative estimate of drug-likeness (QED) is 0.870. The summed E-state index contributed by atoms with van der Waals surface area (Å²) in [6, 6.07) is 11.9. The average Bonchev–Trinajstić information content (AvgIpc) is 3.12. The number of hydrogen-bond acceptors (Lipinski definition) is 4. The molecule has 0 amide bonds. The van der Waals surface area contributed by atoms with Gasteiger partial charge < -0.3 is 4.90 Å². The predicted octanol–water partition coefficient (Wildman–Crippen LogP) is 3.26. The molecule has 0 radical (unpaired) electrons. The zero-order chi connectivity index (χ0) is 16.1. The van der Waals surface area contributed by atoms with E-state index in [-0.39, 0.29) is 0 Å². The van der Waals surface area contributed by atoms with Gasteiger partial charge in [0.2, 0.25) is 10.0 Å². The van der Waals surface area contributed by atoms with Gasteiger partial charge in [0, 0.05) is 25.3 Å². The molecule has 1 saturated heterocycles. The molecule has 0 atom stereocenters. The molecule has 4 nitrogen and oxygen atoms in total. The van der Waals surface area contributed by atoms with Crippen LogP contribution in [0.2, 0.25) is 0 Å². The van der Waals surface area contributed by atoms with Gasteiger partial charge in [-0.25, -0.2) is 13.1 Å². The maximum absolute atomic E-state index is 12.0. The van der Waals surface area contributed by atoms with Crippen LogP contribution in [0.4, 0.5) is 5.69 Å². The van der Waals surface area contributed by atoms with Crippen LogP contribution in [0, 0.1) is 0 Å². The summed E-state index contributed by atoms with van der Waals surface area (Å²) < 4.78 is 27.1. The maximum atomic E-state index is 12.0. The van der Waals surface area contributed by atoms with Crippen molar-refractivity contribution in [1.29, 1.82) is 0 Å². The number of nitrogens with zero attached hydrogens (tertiary/aromatic N) is 1. The standard InChI is InChI=1S/C17H22N2O2S2/c20-23(21,17-5-4-14-22-17)18-11-10-15-6-8-16(9-7-15)19-12-2-1-3-13-19/h4-9,14,18H,1-3,10-13H2. The highest BCUT2D eigenvalue weighted by molar-refractivity contribution is 7.91. The third kappa shape index (κ3) is 4.34. The molecule has 23 heavy (non-hydrogen) atoms. The summed E-state index contributed by atoms with van der Waals surface area (Å²) in [5, 5.41) is 1.77. The van der Waals surface area contributed by atoms with Crippen LogP contribution in [0.1, 0.15) is 24.8 Å². The van der Waals surface area contributed by atoms with E-state index in [1.165, 1.54) is 36.3 Å². The minimum atomic E-state index is -3.35. The highest BCUT2D eigenvalue weighted by Crippen LogP contribution is 2.20. The van der Waals surface area contributed by atoms with Crippen LogP contribution < -0.4 is 9.62 Å². The van der Waals surface area contributed by atoms with Crippen LogP contribution in [0.3, 0.4) is 0 Å². The maximum Gasteiger partial charge on any atom is 0.250 e. The fraction of sp³-hybridized carbons (Fsp3) is 0.412. The Morgan fingerprint density at radius 1 is 1.04 bits per heavy atom. The number of rotatable bonds is 6. The molecule has 6 heteroatoms. The van der Waals surface area contributed by atoms with Crippen LogP contribution in [0.5, 0.6) is 0 Å². The first-order valence-electron chi connectivity index (χ1n) is 8.02. The van der Waals surface area contributed by atoms with E-state index in [4.69, 9.17) is 0 Å². The first-order valence-corrected chi connectivity index (χ1v) is 10.4. The molecule has 1 fully saturated rings. The second-order valence-electron chi connectivity index (χ2n) is 5.79. The number of hydrogen-bond donors (Lipinski definition) is 1. The van der Waals surface area contributed by atoms with Gasteiger partial charge in [-0.05, 0) is 54.8 Å². The monoisotopic (exact) mass is 350 g/mol. The van der Waals surface area contributed by atoms with Crippen molar-refractivity contribution >= 4 is 27.0 Å². The molecule has 0 spiro atoms. The van der Waals surface area contributed by atoms with Crippen molar-refractivity contribution < 1.29 is 8.42 Å². The van der Waals surface area contributed by atoms with Crippen LogP contribution in [-0.4, -0.2) is 28.1 Å². The van der Waals surface area contributed by atoms with Crippen molar-refractivity contribution in [3.63, 3.8) is 0 Å². The van der Waals surface area contributed by atoms with Gasteiger partial charge in [-0.3, -0.25) is 0 Å². The lowest BCUT2D eigenvalue weighted by Gasteiger charge is -2.28. The van der Waals surface area contributed by atoms with Gasteiger partial charge in [-0.2, -0.15) is 0 Å². The SMILES string of the molecule is O=S(=O)(NCCc1ccc(N2CCCCC2)cc1)c1cccs1. The Hall–Kier alpha value is -1.37. The molecule has 0 aliphatic carbocycles. The molecule has 2 aromatic rings. The second kappa shape index (κ2) is 7.47. The smallest absolute Gasteiger partial charge is 0.250 e. The third-order valence-corrected chi connectivity index (χ3v) is 6.98. The molecule has 1 aromatic carbocycles. The Balaban J connectivity index is 1.52. The van der Waals surface area contributed by atoms with Crippen molar-refractivity contribution in [2.45, 2.75) is 29.9 Å². The lowest BCUT2D eigenvalue weighted by molar-refractivity contribution is 0.578. The molecule has 1 aliphatic heterocycles. The van der Waals surface area contributed by atoms with Crippen molar-refractivity contribution in [1.82, 2.24) is 4.72 Å². The molecule has 3 rings (SSSR count). The van der Waals surface area contributed by atoms with E-state index >= 15 is 0 Å². The van der Waals surface area contributed by atoms with E-state index < -0.39 is 10.0 Å². The van der Waals surface area contributed by atoms with Gasteiger partial charge in [0.05, 0.1) is 0 Å². The summed E-state index contributed by atoms with van der Waals surface area (Å²) >= 11 is 1.24. The average molecular weight is 351 g/mol. The van der Waals surface area contributed by atoms with E-state index in [1.807, 2.05) is 0 Å². The largest absolute Gasteiger partial charge is 0.372 e. The molecular weight excluding hydrogens is 328 g/mol. The predicted molar refractivity (Wildman–Crippen MR) is 95.7 cm³/mol. The topological polar surface area (TPSA) is 49.4 Å². The summed E-state index contributed by atoms with van der Waals surface area (Å²) in [6.45, 7) is 2.70. The van der Waals surface area contributed by atoms with E-state index in [2.05, 4.69) is 33.9 Å². The van der Waals surface area contributed by atoms with Crippen molar-refractivity contribution in [3.8, 4) is 0 Å². The van der Waals surface area contributed by atoms with E-state index in [0.29, 0.717) is 17.2 Å². The summed E-state index contributed by atoms with van der Waals surface area (Å²) in [4.78, 5) is 2.42. The molecule has 0 bridgehead atoms. The first-order chi connectivity index (χ1) is 11.1. The number of anilines is 1. The molecule has 0 saturated carbocycles. The third-order valence-electron chi connectivity index (χ3n) is 4.12. The van der Waals surface area contributed by atoms with E-state index in [0.717, 1.165) is 18.7 Å². The zero-order valence-corrected chi connectivity index (χ0v) is 14.7. The Bertz CT molecular complexity index is 704. The number of piperidine rings is 1. The van der Waals surface area contributed by atoms with Gasteiger partial charge in [0.1, 0.15) is 4.21 Å². The van der Waals surface area contributed by atoms with Gasteiger partial charge >= 0.3 is 0 Å². The van der Waals surface area contributed by atoms with E-state index in [9.17, 15) is 8.42 Å². The minimum Gasteiger partial charge on any atom is -0.372 e. The Morgan fingerprint density at radius 3 is 2.43 bits per heavy atom. The molecule has 1 aliphatic rings. The molecular formula is C17H22N2O2S2. The Morgan fingerprint density at radius 2 is 1.78 bits per heavy atom. The van der Waals surface area contributed by atoms with Crippen molar-refractivity contribution in [3.05, 3.63) is 47.3 Å².